The first-order valence-electron chi connectivity index (χ1n) is 9.90. The summed E-state index contributed by atoms with van der Waals surface area (Å²) in [6.07, 6.45) is 2.40. The molecule has 3 aromatic rings. The Labute approximate surface area is 179 Å². The lowest BCUT2D eigenvalue weighted by Crippen LogP contribution is -2.35. The molecule has 0 unspecified atom stereocenters. The summed E-state index contributed by atoms with van der Waals surface area (Å²) in [5.74, 6) is 0.971. The molecule has 1 saturated heterocycles. The van der Waals surface area contributed by atoms with Crippen molar-refractivity contribution < 1.29 is 14.3 Å². The van der Waals surface area contributed by atoms with E-state index in [1.807, 2.05) is 13.0 Å². The maximum Gasteiger partial charge on any atom is 0.251 e. The summed E-state index contributed by atoms with van der Waals surface area (Å²) in [4.78, 5) is 34.5. The van der Waals surface area contributed by atoms with Crippen molar-refractivity contribution >= 4 is 40.1 Å². The van der Waals surface area contributed by atoms with Crippen LogP contribution in [0.1, 0.15) is 48.4 Å². The number of aromatic nitrogens is 2. The van der Waals surface area contributed by atoms with Gasteiger partial charge in [-0.1, -0.05) is 11.6 Å². The fourth-order valence-electron chi connectivity index (χ4n) is 3.65. The first-order valence-corrected chi connectivity index (χ1v) is 10.3. The van der Waals surface area contributed by atoms with E-state index in [9.17, 15) is 9.59 Å². The van der Waals surface area contributed by atoms with E-state index in [-0.39, 0.29) is 17.9 Å². The number of piperidine rings is 1. The van der Waals surface area contributed by atoms with Gasteiger partial charge in [0, 0.05) is 23.6 Å². The van der Waals surface area contributed by atoms with E-state index >= 15 is 0 Å². The summed E-state index contributed by atoms with van der Waals surface area (Å²) >= 11 is 6.02. The van der Waals surface area contributed by atoms with Gasteiger partial charge in [-0.15, -0.1) is 0 Å². The molecule has 156 valence electrons. The Bertz CT molecular complexity index is 1110. The number of halogens is 1. The van der Waals surface area contributed by atoms with E-state index in [0.29, 0.717) is 40.8 Å². The molecule has 7 nitrogen and oxygen atoms in total. The van der Waals surface area contributed by atoms with Gasteiger partial charge in [-0.05, 0) is 56.2 Å². The fraction of sp³-hybridized carbons (Fsp3) is 0.318. The van der Waals surface area contributed by atoms with Gasteiger partial charge in [0.2, 0.25) is 5.91 Å². The lowest BCUT2D eigenvalue weighted by atomic mass is 10.1. The molecule has 1 fully saturated rings. The van der Waals surface area contributed by atoms with Gasteiger partial charge in [-0.2, -0.15) is 0 Å². The minimum atomic E-state index is -0.335. The summed E-state index contributed by atoms with van der Waals surface area (Å²) in [6, 6.07) is 10.2. The molecule has 0 spiro atoms. The van der Waals surface area contributed by atoms with Gasteiger partial charge in [-0.3, -0.25) is 9.59 Å². The number of aromatic amines is 1. The average molecular weight is 427 g/mol. The molecule has 0 aliphatic carbocycles. The fourth-order valence-corrected chi connectivity index (χ4v) is 3.82. The molecule has 2 aromatic carbocycles. The Balaban J connectivity index is 1.52. The van der Waals surface area contributed by atoms with Crippen LogP contribution in [0.3, 0.4) is 0 Å². The van der Waals surface area contributed by atoms with Crippen LogP contribution in [0.4, 0.5) is 5.69 Å². The standard InChI is InChI=1S/C22H23ClN4O3/c1-13(21-25-16-8-7-15(23)12-17(16)26-21)24-22(29)14-6-9-18(19(11-14)30-2)27-10-4-3-5-20(27)28/h6-9,11-13H,3-5,10H2,1-2H3,(H,24,29)(H,25,26)/t13-/m0/s1. The number of nitrogens with zero attached hydrogens (tertiary/aromatic N) is 2. The van der Waals surface area contributed by atoms with Gasteiger partial charge in [0.05, 0.1) is 29.9 Å². The van der Waals surface area contributed by atoms with Gasteiger partial charge in [0.1, 0.15) is 11.6 Å². The minimum absolute atomic E-state index is 0.0790. The number of carbonyl (C=O) groups is 2. The Morgan fingerprint density at radius 2 is 2.10 bits per heavy atom. The zero-order valence-corrected chi connectivity index (χ0v) is 17.6. The molecule has 2 heterocycles. The first-order chi connectivity index (χ1) is 14.5. The molecule has 1 aromatic heterocycles. The number of hydrogen-bond donors (Lipinski definition) is 2. The molecule has 2 amide bonds. The Morgan fingerprint density at radius 3 is 2.87 bits per heavy atom. The van der Waals surface area contributed by atoms with Crippen molar-refractivity contribution in [1.82, 2.24) is 15.3 Å². The van der Waals surface area contributed by atoms with Gasteiger partial charge in [0.15, 0.2) is 0 Å². The largest absolute Gasteiger partial charge is 0.495 e. The number of ether oxygens (including phenoxy) is 1. The van der Waals surface area contributed by atoms with Crippen LogP contribution < -0.4 is 15.0 Å². The molecule has 4 rings (SSSR count). The van der Waals surface area contributed by atoms with Crippen molar-refractivity contribution in [3.63, 3.8) is 0 Å². The Kier molecular flexibility index (Phi) is 5.63. The second-order valence-corrected chi connectivity index (χ2v) is 7.80. The molecular weight excluding hydrogens is 404 g/mol. The number of rotatable bonds is 5. The van der Waals surface area contributed by atoms with Crippen LogP contribution in [0.2, 0.25) is 5.02 Å². The van der Waals surface area contributed by atoms with Crippen LogP contribution in [0, 0.1) is 0 Å². The zero-order valence-electron chi connectivity index (χ0n) is 16.9. The molecule has 2 N–H and O–H groups in total. The summed E-state index contributed by atoms with van der Waals surface area (Å²) in [7, 11) is 1.54. The highest BCUT2D eigenvalue weighted by molar-refractivity contribution is 6.31. The molecule has 30 heavy (non-hydrogen) atoms. The maximum absolute atomic E-state index is 12.8. The van der Waals surface area contributed by atoms with Gasteiger partial charge < -0.3 is 19.9 Å². The summed E-state index contributed by atoms with van der Waals surface area (Å²) in [5.41, 5.74) is 2.75. The number of fused-ring (bicyclic) bond motifs is 1. The number of methoxy groups -OCH3 is 1. The van der Waals surface area contributed by atoms with E-state index in [1.54, 1.807) is 35.2 Å². The summed E-state index contributed by atoms with van der Waals surface area (Å²) in [6.45, 7) is 2.52. The summed E-state index contributed by atoms with van der Waals surface area (Å²) < 4.78 is 5.47. The second-order valence-electron chi connectivity index (χ2n) is 7.37. The number of carbonyl (C=O) groups excluding carboxylic acids is 2. The van der Waals surface area contributed by atoms with E-state index in [0.717, 1.165) is 23.9 Å². The van der Waals surface area contributed by atoms with E-state index < -0.39 is 0 Å². The smallest absolute Gasteiger partial charge is 0.251 e. The van der Waals surface area contributed by atoms with Crippen molar-refractivity contribution in [3.8, 4) is 5.75 Å². The number of nitrogens with one attached hydrogen (secondary N) is 2. The molecule has 1 atom stereocenters. The molecule has 1 aliphatic heterocycles. The quantitative estimate of drug-likeness (QED) is 0.639. The van der Waals surface area contributed by atoms with E-state index in [2.05, 4.69) is 15.3 Å². The van der Waals surface area contributed by atoms with Gasteiger partial charge >= 0.3 is 0 Å². The van der Waals surface area contributed by atoms with Gasteiger partial charge in [-0.25, -0.2) is 4.98 Å². The third-order valence-corrected chi connectivity index (χ3v) is 5.51. The Morgan fingerprint density at radius 1 is 1.27 bits per heavy atom. The van der Waals surface area contributed by atoms with Crippen LogP contribution in [0.25, 0.3) is 11.0 Å². The molecular formula is C22H23ClN4O3. The van der Waals surface area contributed by atoms with E-state index in [1.165, 1.54) is 7.11 Å². The summed E-state index contributed by atoms with van der Waals surface area (Å²) in [5, 5.41) is 3.55. The van der Waals surface area contributed by atoms with Crippen molar-refractivity contribution in [2.75, 3.05) is 18.6 Å². The molecule has 8 heteroatoms. The zero-order chi connectivity index (χ0) is 21.3. The van der Waals surface area contributed by atoms with Crippen LogP contribution in [-0.2, 0) is 4.79 Å². The number of hydrogen-bond acceptors (Lipinski definition) is 4. The molecule has 0 bridgehead atoms. The monoisotopic (exact) mass is 426 g/mol. The highest BCUT2D eigenvalue weighted by Gasteiger charge is 2.24. The first kappa shape index (κ1) is 20.2. The number of imidazole rings is 1. The molecule has 0 saturated carbocycles. The number of benzene rings is 2. The topological polar surface area (TPSA) is 87.3 Å². The van der Waals surface area contributed by atoms with Gasteiger partial charge in [0.25, 0.3) is 5.91 Å². The minimum Gasteiger partial charge on any atom is -0.495 e. The van der Waals surface area contributed by atoms with Crippen LogP contribution in [-0.4, -0.2) is 35.4 Å². The van der Waals surface area contributed by atoms with Crippen molar-refractivity contribution in [2.24, 2.45) is 0 Å². The highest BCUT2D eigenvalue weighted by atomic mass is 35.5. The van der Waals surface area contributed by atoms with Crippen molar-refractivity contribution in [2.45, 2.75) is 32.2 Å². The second kappa shape index (κ2) is 8.36. The normalized spacial score (nSPS) is 15.3. The maximum atomic E-state index is 12.8. The Hall–Kier alpha value is -3.06. The third kappa shape index (κ3) is 3.98. The number of amides is 2. The third-order valence-electron chi connectivity index (χ3n) is 5.28. The van der Waals surface area contributed by atoms with Crippen LogP contribution in [0.15, 0.2) is 36.4 Å². The SMILES string of the molecule is COc1cc(C(=O)N[C@@H](C)c2nc3cc(Cl)ccc3[nH]2)ccc1N1CCCCC1=O. The average Bonchev–Trinajstić information content (AvgIpc) is 3.17. The molecule has 1 aliphatic rings. The lowest BCUT2D eigenvalue weighted by Gasteiger charge is -2.28. The van der Waals surface area contributed by atoms with Crippen molar-refractivity contribution in [3.05, 3.63) is 52.8 Å². The predicted molar refractivity (Wildman–Crippen MR) is 116 cm³/mol. The highest BCUT2D eigenvalue weighted by Crippen LogP contribution is 2.32. The lowest BCUT2D eigenvalue weighted by molar-refractivity contribution is -0.119. The predicted octanol–water partition coefficient (Wildman–Crippen LogP) is 4.23. The van der Waals surface area contributed by atoms with Crippen LogP contribution >= 0.6 is 11.6 Å². The molecule has 0 radical (unpaired) electrons. The number of anilines is 1. The van der Waals surface area contributed by atoms with Crippen LogP contribution in [0.5, 0.6) is 5.75 Å². The van der Waals surface area contributed by atoms with Crippen molar-refractivity contribution in [1.29, 1.82) is 0 Å². The number of H-pyrrole nitrogens is 1. The van der Waals surface area contributed by atoms with E-state index in [4.69, 9.17) is 16.3 Å².